The van der Waals surface area contributed by atoms with E-state index in [1.165, 1.54) is 6.20 Å². The number of amides is 1. The molecule has 0 saturated carbocycles. The Morgan fingerprint density at radius 3 is 2.60 bits per heavy atom. The van der Waals surface area contributed by atoms with Crippen molar-refractivity contribution in [3.05, 3.63) is 83.1 Å². The Morgan fingerprint density at radius 2 is 1.80 bits per heavy atom. The topological polar surface area (TPSA) is 77.8 Å². The van der Waals surface area contributed by atoms with E-state index in [1.807, 2.05) is 18.2 Å². The molecule has 3 aromatic rings. The summed E-state index contributed by atoms with van der Waals surface area (Å²) in [5.41, 5.74) is 2.90. The van der Waals surface area contributed by atoms with E-state index in [0.29, 0.717) is 27.5 Å². The van der Waals surface area contributed by atoms with Crippen LogP contribution in [0.3, 0.4) is 0 Å². The van der Waals surface area contributed by atoms with Gasteiger partial charge in [0, 0.05) is 22.6 Å². The number of carbonyl (C=O) groups is 1. The molecule has 1 amide bonds. The first-order valence-electron chi connectivity index (χ1n) is 7.43. The summed E-state index contributed by atoms with van der Waals surface area (Å²) in [6, 6.07) is 17.7. The molecule has 0 aliphatic carbocycles. The first-order chi connectivity index (χ1) is 12.1. The highest BCUT2D eigenvalue weighted by Crippen LogP contribution is 2.20. The SMILES string of the molecule is N#Cc1cccc(NC(=O)c2cncc(Nc3cccc(Cl)c3)c2)c1. The Balaban J connectivity index is 1.76. The molecule has 0 unspecified atom stereocenters. The van der Waals surface area contributed by atoms with Gasteiger partial charge in [-0.15, -0.1) is 0 Å². The van der Waals surface area contributed by atoms with Gasteiger partial charge in [-0.25, -0.2) is 0 Å². The first-order valence-corrected chi connectivity index (χ1v) is 7.81. The molecule has 3 rings (SSSR count). The molecule has 2 N–H and O–H groups in total. The second-order valence-electron chi connectivity index (χ2n) is 5.24. The molecule has 2 aromatic carbocycles. The summed E-state index contributed by atoms with van der Waals surface area (Å²) in [5, 5.41) is 15.4. The summed E-state index contributed by atoms with van der Waals surface area (Å²) in [6.45, 7) is 0. The van der Waals surface area contributed by atoms with Crippen LogP contribution in [-0.2, 0) is 0 Å². The minimum absolute atomic E-state index is 0.308. The first kappa shape index (κ1) is 16.5. The summed E-state index contributed by atoms with van der Waals surface area (Å²) in [7, 11) is 0. The molecular formula is C19H13ClN4O. The number of rotatable bonds is 4. The standard InChI is InChI=1S/C19H13ClN4O/c20-15-4-2-6-17(9-15)23-18-8-14(11-22-12-18)19(25)24-16-5-1-3-13(7-16)10-21/h1-9,11-12,23H,(H,24,25). The highest BCUT2D eigenvalue weighted by molar-refractivity contribution is 6.30. The van der Waals surface area contributed by atoms with E-state index >= 15 is 0 Å². The number of aromatic nitrogens is 1. The molecule has 0 spiro atoms. The fourth-order valence-corrected chi connectivity index (χ4v) is 2.43. The van der Waals surface area contributed by atoms with E-state index < -0.39 is 0 Å². The zero-order valence-electron chi connectivity index (χ0n) is 13.0. The van der Waals surface area contributed by atoms with Gasteiger partial charge in [0.15, 0.2) is 0 Å². The minimum atomic E-state index is -0.308. The van der Waals surface area contributed by atoms with Gasteiger partial charge >= 0.3 is 0 Å². The fraction of sp³-hybridized carbons (Fsp3) is 0. The lowest BCUT2D eigenvalue weighted by atomic mass is 10.2. The number of nitrogens with one attached hydrogen (secondary N) is 2. The second kappa shape index (κ2) is 7.47. The number of benzene rings is 2. The Labute approximate surface area is 149 Å². The third-order valence-corrected chi connectivity index (χ3v) is 3.60. The third kappa shape index (κ3) is 4.34. The summed E-state index contributed by atoms with van der Waals surface area (Å²) < 4.78 is 0. The molecule has 0 atom stereocenters. The maximum absolute atomic E-state index is 12.4. The van der Waals surface area contributed by atoms with E-state index in [1.54, 1.807) is 48.7 Å². The van der Waals surface area contributed by atoms with Crippen molar-refractivity contribution >= 4 is 34.6 Å². The highest BCUT2D eigenvalue weighted by Gasteiger charge is 2.08. The lowest BCUT2D eigenvalue weighted by Gasteiger charge is -2.09. The number of anilines is 3. The highest BCUT2D eigenvalue weighted by atomic mass is 35.5. The van der Waals surface area contributed by atoms with Gasteiger partial charge in [0.25, 0.3) is 5.91 Å². The lowest BCUT2D eigenvalue weighted by molar-refractivity contribution is 0.102. The molecule has 0 aliphatic rings. The van der Waals surface area contributed by atoms with E-state index in [4.69, 9.17) is 16.9 Å². The average molecular weight is 349 g/mol. The molecule has 25 heavy (non-hydrogen) atoms. The van der Waals surface area contributed by atoms with Crippen LogP contribution in [0.15, 0.2) is 67.0 Å². The molecule has 5 nitrogen and oxygen atoms in total. The number of hydrogen-bond acceptors (Lipinski definition) is 4. The molecule has 0 fully saturated rings. The minimum Gasteiger partial charge on any atom is -0.354 e. The van der Waals surface area contributed by atoms with Crippen molar-refractivity contribution in [2.75, 3.05) is 10.6 Å². The Morgan fingerprint density at radius 1 is 1.00 bits per heavy atom. The van der Waals surface area contributed by atoms with Crippen LogP contribution < -0.4 is 10.6 Å². The van der Waals surface area contributed by atoms with Gasteiger partial charge in [-0.05, 0) is 42.5 Å². The van der Waals surface area contributed by atoms with Crippen molar-refractivity contribution in [2.45, 2.75) is 0 Å². The van der Waals surface area contributed by atoms with Crippen molar-refractivity contribution < 1.29 is 4.79 Å². The molecule has 1 heterocycles. The summed E-state index contributed by atoms with van der Waals surface area (Å²) >= 11 is 5.97. The van der Waals surface area contributed by atoms with Crippen LogP contribution in [0, 0.1) is 11.3 Å². The summed E-state index contributed by atoms with van der Waals surface area (Å²) in [6.07, 6.45) is 3.10. The molecule has 0 bridgehead atoms. The fourth-order valence-electron chi connectivity index (χ4n) is 2.24. The van der Waals surface area contributed by atoms with Crippen LogP contribution in [0.25, 0.3) is 0 Å². The van der Waals surface area contributed by atoms with Crippen LogP contribution in [-0.4, -0.2) is 10.9 Å². The number of nitrogens with zero attached hydrogens (tertiary/aromatic N) is 2. The molecule has 0 saturated heterocycles. The maximum atomic E-state index is 12.4. The van der Waals surface area contributed by atoms with Crippen molar-refractivity contribution in [1.29, 1.82) is 5.26 Å². The Hall–Kier alpha value is -3.36. The van der Waals surface area contributed by atoms with Crippen LogP contribution in [0.1, 0.15) is 15.9 Å². The zero-order chi connectivity index (χ0) is 17.6. The predicted octanol–water partition coefficient (Wildman–Crippen LogP) is 4.60. The molecular weight excluding hydrogens is 336 g/mol. The average Bonchev–Trinajstić information content (AvgIpc) is 2.62. The van der Waals surface area contributed by atoms with Crippen LogP contribution in [0.4, 0.5) is 17.1 Å². The normalized spacial score (nSPS) is 9.92. The van der Waals surface area contributed by atoms with E-state index in [-0.39, 0.29) is 5.91 Å². The van der Waals surface area contributed by atoms with Gasteiger partial charge in [0.05, 0.1) is 29.1 Å². The van der Waals surface area contributed by atoms with E-state index in [0.717, 1.165) is 5.69 Å². The number of halogens is 1. The molecule has 6 heteroatoms. The quantitative estimate of drug-likeness (QED) is 0.722. The molecule has 122 valence electrons. The van der Waals surface area contributed by atoms with E-state index in [9.17, 15) is 4.79 Å². The number of hydrogen-bond donors (Lipinski definition) is 2. The van der Waals surface area contributed by atoms with Gasteiger partial charge < -0.3 is 10.6 Å². The van der Waals surface area contributed by atoms with Crippen molar-refractivity contribution in [2.24, 2.45) is 0 Å². The number of pyridine rings is 1. The summed E-state index contributed by atoms with van der Waals surface area (Å²) in [5.74, 6) is -0.308. The van der Waals surface area contributed by atoms with Crippen LogP contribution in [0.2, 0.25) is 5.02 Å². The second-order valence-corrected chi connectivity index (χ2v) is 5.68. The van der Waals surface area contributed by atoms with E-state index in [2.05, 4.69) is 15.6 Å². The van der Waals surface area contributed by atoms with Crippen LogP contribution >= 0.6 is 11.6 Å². The van der Waals surface area contributed by atoms with Gasteiger partial charge in [-0.1, -0.05) is 23.7 Å². The number of nitriles is 1. The third-order valence-electron chi connectivity index (χ3n) is 3.36. The zero-order valence-corrected chi connectivity index (χ0v) is 13.8. The Bertz CT molecular complexity index is 965. The van der Waals surface area contributed by atoms with Crippen LogP contribution in [0.5, 0.6) is 0 Å². The van der Waals surface area contributed by atoms with Gasteiger partial charge in [-0.2, -0.15) is 5.26 Å². The smallest absolute Gasteiger partial charge is 0.257 e. The van der Waals surface area contributed by atoms with Crippen molar-refractivity contribution in [3.8, 4) is 6.07 Å². The monoisotopic (exact) mass is 348 g/mol. The van der Waals surface area contributed by atoms with Gasteiger partial charge in [0.2, 0.25) is 0 Å². The molecule has 0 radical (unpaired) electrons. The van der Waals surface area contributed by atoms with Crippen molar-refractivity contribution in [3.63, 3.8) is 0 Å². The van der Waals surface area contributed by atoms with Gasteiger partial charge in [-0.3, -0.25) is 9.78 Å². The lowest BCUT2D eigenvalue weighted by Crippen LogP contribution is -2.12. The summed E-state index contributed by atoms with van der Waals surface area (Å²) in [4.78, 5) is 16.5. The maximum Gasteiger partial charge on any atom is 0.257 e. The van der Waals surface area contributed by atoms with Gasteiger partial charge in [0.1, 0.15) is 0 Å². The number of carbonyl (C=O) groups excluding carboxylic acids is 1. The van der Waals surface area contributed by atoms with Crippen molar-refractivity contribution in [1.82, 2.24) is 4.98 Å². The molecule has 0 aliphatic heterocycles. The molecule has 1 aromatic heterocycles. The predicted molar refractivity (Wildman–Crippen MR) is 98.1 cm³/mol. The largest absolute Gasteiger partial charge is 0.354 e. The Kier molecular flexibility index (Phi) is 4.93.